The van der Waals surface area contributed by atoms with Gasteiger partial charge in [-0.05, 0) is 65.8 Å². The van der Waals surface area contributed by atoms with Crippen molar-refractivity contribution >= 4 is 40.6 Å². The summed E-state index contributed by atoms with van der Waals surface area (Å²) < 4.78 is 12.6. The molecule has 12 nitrogen and oxygen atoms in total. The zero-order valence-electron chi connectivity index (χ0n) is 30.8. The molecule has 0 aliphatic rings. The maximum atomic E-state index is 13.6. The van der Waals surface area contributed by atoms with Crippen LogP contribution in [-0.4, -0.2) is 53.0 Å². The minimum Gasteiger partial charge on any atom is -0.506 e. The largest absolute Gasteiger partial charge is 0.506 e. The molecule has 2 unspecified atom stereocenters. The highest BCUT2D eigenvalue weighted by Gasteiger charge is 2.23. The van der Waals surface area contributed by atoms with E-state index in [0.717, 1.165) is 16.7 Å². The molecule has 0 bridgehead atoms. The molecule has 14 heteroatoms. The Morgan fingerprint density at radius 2 is 1.74 bits per heavy atom. The van der Waals surface area contributed by atoms with Gasteiger partial charge in [-0.15, -0.1) is 0 Å². The van der Waals surface area contributed by atoms with Gasteiger partial charge >= 0.3 is 6.03 Å². The lowest BCUT2D eigenvalue weighted by atomic mass is 9.87. The summed E-state index contributed by atoms with van der Waals surface area (Å²) in [5.74, 6) is 0.150. The van der Waals surface area contributed by atoms with Crippen LogP contribution in [0.15, 0.2) is 71.5 Å². The molecule has 0 spiro atoms. The average Bonchev–Trinajstić information content (AvgIpc) is 3.10. The standard InChI is InChI=1S/C39H48Cl2N6O6/c1-23-11-12-25(36(49)43-15-16-52-6)18-30(23)47-24(2)17-32(35(41)37(47)50)53-22-27-10-8-7-9-26(27)21-44-38(51)46-34(20-33(42)39(3,4)5)45-28-13-14-31(48)29(40)19-28/h7-14,17-19,34,36,42-43,45,48-49H,15-16,20-22H2,1-6H3,(H2,44,46,51). The molecule has 3 aromatic carbocycles. The number of aromatic nitrogens is 1. The topological polar surface area (TPSA) is 170 Å². The molecule has 1 heterocycles. The summed E-state index contributed by atoms with van der Waals surface area (Å²) in [6.07, 6.45) is -1.38. The highest BCUT2D eigenvalue weighted by atomic mass is 35.5. The van der Waals surface area contributed by atoms with Crippen molar-refractivity contribution in [3.63, 3.8) is 0 Å². The molecule has 1 aromatic heterocycles. The van der Waals surface area contributed by atoms with E-state index >= 15 is 0 Å². The van der Waals surface area contributed by atoms with Gasteiger partial charge in [0.2, 0.25) is 0 Å². The van der Waals surface area contributed by atoms with Crippen LogP contribution < -0.4 is 31.6 Å². The van der Waals surface area contributed by atoms with Crippen LogP contribution in [0.2, 0.25) is 10.0 Å². The fourth-order valence-corrected chi connectivity index (χ4v) is 5.77. The zero-order valence-corrected chi connectivity index (χ0v) is 32.3. The van der Waals surface area contributed by atoms with Crippen molar-refractivity contribution in [2.75, 3.05) is 25.6 Å². The summed E-state index contributed by atoms with van der Waals surface area (Å²) >= 11 is 12.7. The molecule has 0 radical (unpaired) electrons. The number of amides is 2. The number of hydrogen-bond acceptors (Lipinski definition) is 9. The lowest BCUT2D eigenvalue weighted by molar-refractivity contribution is 0.119. The number of aryl methyl sites for hydroxylation is 2. The number of aromatic hydroxyl groups is 1. The predicted molar refractivity (Wildman–Crippen MR) is 210 cm³/mol. The van der Waals surface area contributed by atoms with Gasteiger partial charge < -0.3 is 41.0 Å². The van der Waals surface area contributed by atoms with Crippen LogP contribution in [-0.2, 0) is 17.9 Å². The summed E-state index contributed by atoms with van der Waals surface area (Å²) in [6.45, 7) is 10.6. The summed E-state index contributed by atoms with van der Waals surface area (Å²) in [5, 5.41) is 41.0. The van der Waals surface area contributed by atoms with E-state index in [2.05, 4.69) is 21.3 Å². The molecule has 284 valence electrons. The number of ether oxygens (including phenoxy) is 2. The number of pyridine rings is 1. The summed E-state index contributed by atoms with van der Waals surface area (Å²) in [5.41, 5.74) is 4.24. The van der Waals surface area contributed by atoms with E-state index in [1.54, 1.807) is 44.4 Å². The van der Waals surface area contributed by atoms with E-state index < -0.39 is 29.4 Å². The van der Waals surface area contributed by atoms with Crippen LogP contribution in [0.1, 0.15) is 61.4 Å². The Labute approximate surface area is 320 Å². The average molecular weight is 768 g/mol. The first kappa shape index (κ1) is 41.2. The van der Waals surface area contributed by atoms with E-state index in [1.165, 1.54) is 10.6 Å². The van der Waals surface area contributed by atoms with Gasteiger partial charge in [-0.2, -0.15) is 0 Å². The van der Waals surface area contributed by atoms with Gasteiger partial charge in [0.25, 0.3) is 5.56 Å². The van der Waals surface area contributed by atoms with Crippen molar-refractivity contribution in [2.24, 2.45) is 5.41 Å². The highest BCUT2D eigenvalue weighted by molar-refractivity contribution is 6.32. The third-order valence-electron chi connectivity index (χ3n) is 8.58. The smallest absolute Gasteiger partial charge is 0.316 e. The molecule has 4 aromatic rings. The minimum atomic E-state index is -0.953. The molecule has 53 heavy (non-hydrogen) atoms. The second-order valence-corrected chi connectivity index (χ2v) is 14.5. The van der Waals surface area contributed by atoms with Crippen LogP contribution in [0, 0.1) is 24.7 Å². The van der Waals surface area contributed by atoms with Crippen LogP contribution >= 0.6 is 23.2 Å². The summed E-state index contributed by atoms with van der Waals surface area (Å²) in [7, 11) is 1.58. The Balaban J connectivity index is 1.46. The van der Waals surface area contributed by atoms with Crippen molar-refractivity contribution in [3.8, 4) is 17.2 Å². The van der Waals surface area contributed by atoms with Crippen molar-refractivity contribution in [1.82, 2.24) is 20.5 Å². The van der Waals surface area contributed by atoms with Crippen molar-refractivity contribution in [1.29, 1.82) is 5.41 Å². The Hall–Kier alpha value is -4.59. The number of carbonyl (C=O) groups excluding carboxylic acids is 1. The van der Waals surface area contributed by atoms with E-state index in [1.807, 2.05) is 58.0 Å². The van der Waals surface area contributed by atoms with Gasteiger partial charge in [-0.25, -0.2) is 4.79 Å². The number of aliphatic hydroxyl groups is 1. The number of phenolic OH excluding ortho intramolecular Hbond substituents is 1. The number of nitrogens with one attached hydrogen (secondary N) is 5. The molecule has 2 atom stereocenters. The number of benzene rings is 3. The van der Waals surface area contributed by atoms with E-state index in [-0.39, 0.29) is 41.1 Å². The Morgan fingerprint density at radius 1 is 1.02 bits per heavy atom. The van der Waals surface area contributed by atoms with Crippen molar-refractivity contribution in [2.45, 2.75) is 66.6 Å². The summed E-state index contributed by atoms with van der Waals surface area (Å²) in [4.78, 5) is 26.8. The highest BCUT2D eigenvalue weighted by Crippen LogP contribution is 2.29. The number of halogens is 2. The number of aliphatic hydroxyl groups excluding tert-OH is 1. The predicted octanol–water partition coefficient (Wildman–Crippen LogP) is 6.97. The number of urea groups is 1. The molecule has 0 aliphatic carbocycles. The van der Waals surface area contributed by atoms with Gasteiger partial charge in [-0.1, -0.05) is 80.4 Å². The lowest BCUT2D eigenvalue weighted by Gasteiger charge is -2.27. The quantitative estimate of drug-likeness (QED) is 0.0278. The second-order valence-electron chi connectivity index (χ2n) is 13.7. The molecule has 2 amide bonds. The van der Waals surface area contributed by atoms with Crippen LogP contribution in [0.5, 0.6) is 11.5 Å². The SMILES string of the molecule is COCCNC(O)c1ccc(C)c(-n2c(C)cc(OCc3ccccc3CNC(=O)NC(CC(=N)C(C)(C)C)Nc3ccc(O)c(Cl)c3)c(Cl)c2=O)c1. The third kappa shape index (κ3) is 11.2. The molecular formula is C39H48Cl2N6O6. The van der Waals surface area contributed by atoms with Crippen LogP contribution in [0.4, 0.5) is 10.5 Å². The number of methoxy groups -OCH3 is 1. The molecule has 0 aliphatic heterocycles. The van der Waals surface area contributed by atoms with Crippen LogP contribution in [0.25, 0.3) is 5.69 Å². The third-order valence-corrected chi connectivity index (χ3v) is 9.23. The molecular weight excluding hydrogens is 719 g/mol. The number of rotatable bonds is 16. The van der Waals surface area contributed by atoms with Gasteiger partial charge in [0.1, 0.15) is 35.5 Å². The molecule has 0 saturated carbocycles. The zero-order chi connectivity index (χ0) is 38.9. The number of anilines is 1. The lowest BCUT2D eigenvalue weighted by Crippen LogP contribution is -2.47. The Morgan fingerprint density at radius 3 is 2.42 bits per heavy atom. The minimum absolute atomic E-state index is 0.0632. The van der Waals surface area contributed by atoms with Gasteiger partial charge in [-0.3, -0.25) is 14.7 Å². The molecule has 0 fully saturated rings. The number of nitrogens with zero attached hydrogens (tertiary/aromatic N) is 1. The fourth-order valence-electron chi connectivity index (χ4n) is 5.40. The van der Waals surface area contributed by atoms with Gasteiger partial charge in [0.15, 0.2) is 0 Å². The number of carbonyl (C=O) groups is 1. The van der Waals surface area contributed by atoms with Crippen molar-refractivity contribution in [3.05, 3.63) is 115 Å². The van der Waals surface area contributed by atoms with E-state index in [9.17, 15) is 19.8 Å². The van der Waals surface area contributed by atoms with Crippen LogP contribution in [0.3, 0.4) is 0 Å². The first-order valence-electron chi connectivity index (χ1n) is 17.1. The second kappa shape index (κ2) is 18.4. The monoisotopic (exact) mass is 766 g/mol. The Kier molecular flexibility index (Phi) is 14.3. The first-order chi connectivity index (χ1) is 25.1. The maximum absolute atomic E-state index is 13.6. The number of hydrogen-bond donors (Lipinski definition) is 7. The van der Waals surface area contributed by atoms with E-state index in [0.29, 0.717) is 41.5 Å². The normalized spacial score (nSPS) is 12.5. The molecule has 0 saturated heterocycles. The molecule has 4 rings (SSSR count). The number of phenols is 1. The fraction of sp³-hybridized carbons (Fsp3) is 0.359. The van der Waals surface area contributed by atoms with Gasteiger partial charge in [0.05, 0.1) is 17.3 Å². The maximum Gasteiger partial charge on any atom is 0.316 e. The van der Waals surface area contributed by atoms with Gasteiger partial charge in [0, 0.05) is 49.8 Å². The summed E-state index contributed by atoms with van der Waals surface area (Å²) in [6, 6.07) is 18.7. The Bertz CT molecular complexity index is 1980. The van der Waals surface area contributed by atoms with Crippen molar-refractivity contribution < 1.29 is 24.5 Å². The molecule has 7 N–H and O–H groups in total. The first-order valence-corrected chi connectivity index (χ1v) is 17.8. The van der Waals surface area contributed by atoms with E-state index in [4.69, 9.17) is 38.1 Å².